The highest BCUT2D eigenvalue weighted by molar-refractivity contribution is 7.99. The van der Waals surface area contributed by atoms with Gasteiger partial charge in [-0.25, -0.2) is 9.18 Å². The number of carbonyl (C=O) groups is 1. The van der Waals surface area contributed by atoms with Crippen LogP contribution in [0.15, 0.2) is 52.3 Å². The third-order valence-electron chi connectivity index (χ3n) is 4.21. The molecule has 28 heavy (non-hydrogen) atoms. The van der Waals surface area contributed by atoms with Crippen molar-refractivity contribution in [3.8, 4) is 0 Å². The number of alkyl halides is 3. The van der Waals surface area contributed by atoms with E-state index in [2.05, 4.69) is 36.5 Å². The predicted octanol–water partition coefficient (Wildman–Crippen LogP) is 5.39. The zero-order valence-electron chi connectivity index (χ0n) is 15.2. The summed E-state index contributed by atoms with van der Waals surface area (Å²) in [5, 5.41) is 10.5. The van der Waals surface area contributed by atoms with E-state index in [4.69, 9.17) is 9.90 Å². The van der Waals surface area contributed by atoms with Crippen LogP contribution in [-0.2, 0) is 4.79 Å². The standard InChI is InChI=1S/C18H20FNS.C2HF3O2/c1-13-3-2-4-16(11-13)21-18-6-5-15(19)12-17(18)14-7-9-20-10-8-14;3-2(4,5)1(6)7/h2-6,11-12,14,20H,7-10H2,1H3;(H,6,7). The van der Waals surface area contributed by atoms with Gasteiger partial charge in [-0.05, 0) is 74.7 Å². The summed E-state index contributed by atoms with van der Waals surface area (Å²) in [5.74, 6) is -2.42. The van der Waals surface area contributed by atoms with Crippen molar-refractivity contribution in [3.05, 3.63) is 59.4 Å². The molecule has 3 rings (SSSR count). The zero-order valence-corrected chi connectivity index (χ0v) is 16.0. The summed E-state index contributed by atoms with van der Waals surface area (Å²) in [6.45, 7) is 4.15. The van der Waals surface area contributed by atoms with Crippen molar-refractivity contribution in [2.75, 3.05) is 13.1 Å². The van der Waals surface area contributed by atoms with Crippen LogP contribution in [0.5, 0.6) is 0 Å². The number of aliphatic carboxylic acids is 1. The summed E-state index contributed by atoms with van der Waals surface area (Å²) >= 11 is 1.74. The van der Waals surface area contributed by atoms with Crippen LogP contribution in [-0.4, -0.2) is 30.3 Å². The molecule has 0 saturated carbocycles. The number of carboxylic acid groups (broad SMARTS) is 1. The van der Waals surface area contributed by atoms with Crippen molar-refractivity contribution in [3.63, 3.8) is 0 Å². The predicted molar refractivity (Wildman–Crippen MR) is 100 cm³/mol. The molecule has 1 aliphatic rings. The fourth-order valence-electron chi connectivity index (χ4n) is 2.87. The minimum absolute atomic E-state index is 0.128. The smallest absolute Gasteiger partial charge is 0.475 e. The summed E-state index contributed by atoms with van der Waals surface area (Å²) < 4.78 is 45.4. The molecule has 152 valence electrons. The second kappa shape index (κ2) is 9.93. The summed E-state index contributed by atoms with van der Waals surface area (Å²) in [4.78, 5) is 11.3. The highest BCUT2D eigenvalue weighted by Gasteiger charge is 2.38. The lowest BCUT2D eigenvalue weighted by molar-refractivity contribution is -0.192. The Hall–Kier alpha value is -2.06. The number of hydrogen-bond acceptors (Lipinski definition) is 3. The Labute approximate surface area is 165 Å². The molecule has 0 atom stereocenters. The number of benzene rings is 2. The van der Waals surface area contributed by atoms with Gasteiger partial charge in [0.05, 0.1) is 0 Å². The first-order valence-electron chi connectivity index (χ1n) is 8.71. The highest BCUT2D eigenvalue weighted by atomic mass is 32.2. The van der Waals surface area contributed by atoms with E-state index in [1.54, 1.807) is 23.9 Å². The maximum Gasteiger partial charge on any atom is 0.490 e. The molecule has 2 N–H and O–H groups in total. The Balaban J connectivity index is 0.000000345. The molecule has 2 aromatic rings. The lowest BCUT2D eigenvalue weighted by Crippen LogP contribution is -2.26. The van der Waals surface area contributed by atoms with Crippen molar-refractivity contribution in [1.29, 1.82) is 0 Å². The molecule has 2 aromatic carbocycles. The zero-order chi connectivity index (χ0) is 20.7. The van der Waals surface area contributed by atoms with Gasteiger partial charge in [0.25, 0.3) is 0 Å². The van der Waals surface area contributed by atoms with E-state index < -0.39 is 12.1 Å². The Morgan fingerprint density at radius 3 is 2.36 bits per heavy atom. The van der Waals surface area contributed by atoms with Crippen LogP contribution in [0.4, 0.5) is 17.6 Å². The minimum atomic E-state index is -5.08. The third-order valence-corrected chi connectivity index (χ3v) is 5.29. The van der Waals surface area contributed by atoms with E-state index in [0.29, 0.717) is 5.92 Å². The molecule has 1 fully saturated rings. The SMILES string of the molecule is Cc1cccc(Sc2ccc(F)cc2C2CCNCC2)c1.O=C(O)C(F)(F)F. The van der Waals surface area contributed by atoms with Gasteiger partial charge in [-0.3, -0.25) is 0 Å². The first-order chi connectivity index (χ1) is 13.2. The average molecular weight is 415 g/mol. The number of aryl methyl sites for hydroxylation is 1. The average Bonchev–Trinajstić information content (AvgIpc) is 2.64. The quantitative estimate of drug-likeness (QED) is 0.661. The van der Waals surface area contributed by atoms with E-state index in [-0.39, 0.29) is 5.82 Å². The van der Waals surface area contributed by atoms with Crippen LogP contribution in [0.2, 0.25) is 0 Å². The van der Waals surface area contributed by atoms with E-state index in [1.165, 1.54) is 20.9 Å². The molecule has 0 bridgehead atoms. The van der Waals surface area contributed by atoms with Crippen LogP contribution in [0.25, 0.3) is 0 Å². The van der Waals surface area contributed by atoms with Crippen LogP contribution in [0, 0.1) is 12.7 Å². The molecular weight excluding hydrogens is 394 g/mol. The first-order valence-corrected chi connectivity index (χ1v) is 9.53. The fourth-order valence-corrected chi connectivity index (χ4v) is 3.99. The minimum Gasteiger partial charge on any atom is -0.475 e. The van der Waals surface area contributed by atoms with E-state index >= 15 is 0 Å². The topological polar surface area (TPSA) is 49.3 Å². The van der Waals surface area contributed by atoms with Gasteiger partial charge in [0.1, 0.15) is 5.82 Å². The number of hydrogen-bond donors (Lipinski definition) is 2. The normalized spacial score (nSPS) is 14.9. The molecule has 0 aromatic heterocycles. The van der Waals surface area contributed by atoms with Crippen molar-refractivity contribution in [2.45, 2.75) is 41.7 Å². The Morgan fingerprint density at radius 1 is 1.14 bits per heavy atom. The molecule has 0 radical (unpaired) electrons. The van der Waals surface area contributed by atoms with Gasteiger partial charge in [0.15, 0.2) is 0 Å². The van der Waals surface area contributed by atoms with Gasteiger partial charge >= 0.3 is 12.1 Å². The van der Waals surface area contributed by atoms with Gasteiger partial charge in [0.2, 0.25) is 0 Å². The molecule has 0 unspecified atom stereocenters. The molecule has 0 aliphatic carbocycles. The lowest BCUT2D eigenvalue weighted by atomic mass is 9.90. The van der Waals surface area contributed by atoms with E-state index in [9.17, 15) is 17.6 Å². The molecule has 8 heteroatoms. The fraction of sp³-hybridized carbons (Fsp3) is 0.350. The van der Waals surface area contributed by atoms with Gasteiger partial charge in [0, 0.05) is 9.79 Å². The number of rotatable bonds is 3. The lowest BCUT2D eigenvalue weighted by Gasteiger charge is -2.25. The number of nitrogens with one attached hydrogen (secondary N) is 1. The maximum atomic E-state index is 13.7. The number of carboxylic acids is 1. The number of piperidine rings is 1. The Kier molecular flexibility index (Phi) is 7.88. The van der Waals surface area contributed by atoms with Gasteiger partial charge < -0.3 is 10.4 Å². The van der Waals surface area contributed by atoms with Crippen molar-refractivity contribution in [1.82, 2.24) is 5.32 Å². The molecule has 1 aliphatic heterocycles. The molecule has 3 nitrogen and oxygen atoms in total. The summed E-state index contributed by atoms with van der Waals surface area (Å²) in [6.07, 6.45) is -2.91. The monoisotopic (exact) mass is 415 g/mol. The van der Waals surface area contributed by atoms with Crippen molar-refractivity contribution < 1.29 is 27.5 Å². The second-order valence-corrected chi connectivity index (χ2v) is 7.54. The largest absolute Gasteiger partial charge is 0.490 e. The second-order valence-electron chi connectivity index (χ2n) is 6.43. The highest BCUT2D eigenvalue weighted by Crippen LogP contribution is 2.37. The van der Waals surface area contributed by atoms with Crippen LogP contribution < -0.4 is 5.32 Å². The molecule has 1 saturated heterocycles. The molecule has 1 heterocycles. The Morgan fingerprint density at radius 2 is 1.79 bits per heavy atom. The van der Waals surface area contributed by atoms with Crippen LogP contribution in [0.1, 0.15) is 29.9 Å². The van der Waals surface area contributed by atoms with Crippen LogP contribution >= 0.6 is 11.8 Å². The van der Waals surface area contributed by atoms with Gasteiger partial charge in [-0.1, -0.05) is 29.5 Å². The third kappa shape index (κ3) is 6.83. The number of halogens is 4. The van der Waals surface area contributed by atoms with E-state index in [1.807, 2.05) is 6.07 Å². The summed E-state index contributed by atoms with van der Waals surface area (Å²) in [7, 11) is 0. The Bertz CT molecular complexity index is 805. The molecule has 0 spiro atoms. The first kappa shape index (κ1) is 22.2. The van der Waals surface area contributed by atoms with Gasteiger partial charge in [-0.15, -0.1) is 0 Å². The van der Waals surface area contributed by atoms with Crippen molar-refractivity contribution >= 4 is 17.7 Å². The van der Waals surface area contributed by atoms with Crippen molar-refractivity contribution in [2.24, 2.45) is 0 Å². The summed E-state index contributed by atoms with van der Waals surface area (Å²) in [5.41, 5.74) is 2.42. The summed E-state index contributed by atoms with van der Waals surface area (Å²) in [6, 6.07) is 13.7. The molecular formula is C20H21F4NO2S. The maximum absolute atomic E-state index is 13.7. The van der Waals surface area contributed by atoms with Gasteiger partial charge in [-0.2, -0.15) is 13.2 Å². The van der Waals surface area contributed by atoms with Crippen LogP contribution in [0.3, 0.4) is 0 Å². The molecule has 0 amide bonds. The van der Waals surface area contributed by atoms with E-state index in [0.717, 1.165) is 25.9 Å².